The molecule has 2 aromatic carbocycles. The van der Waals surface area contributed by atoms with Gasteiger partial charge in [0.1, 0.15) is 17.4 Å². The molecule has 3 rings (SSSR count). The molecule has 1 aliphatic rings. The number of carbonyl (C=O) groups is 1. The van der Waals surface area contributed by atoms with Gasteiger partial charge in [-0.3, -0.25) is 0 Å². The molecule has 0 aromatic heterocycles. The summed E-state index contributed by atoms with van der Waals surface area (Å²) in [6, 6.07) is 7.52. The molecule has 34 heavy (non-hydrogen) atoms. The quantitative estimate of drug-likeness (QED) is 0.437. The summed E-state index contributed by atoms with van der Waals surface area (Å²) in [5.74, 6) is -0.818. The Hall–Kier alpha value is -2.75. The maximum absolute atomic E-state index is 13.6. The molecule has 7 nitrogen and oxygen atoms in total. The monoisotopic (exact) mass is 478 g/mol. The van der Waals surface area contributed by atoms with E-state index in [9.17, 15) is 23.8 Å². The lowest BCUT2D eigenvalue weighted by atomic mass is 9.86. The van der Waals surface area contributed by atoms with E-state index < -0.39 is 35.5 Å². The molecule has 9 heteroatoms. The zero-order valence-electron chi connectivity index (χ0n) is 19.8. The Morgan fingerprint density at radius 2 is 1.88 bits per heavy atom. The van der Waals surface area contributed by atoms with E-state index in [0.29, 0.717) is 6.61 Å². The first-order valence-corrected chi connectivity index (χ1v) is 11.3. The van der Waals surface area contributed by atoms with Crippen molar-refractivity contribution in [2.45, 2.75) is 64.0 Å². The molecule has 0 radical (unpaired) electrons. The van der Waals surface area contributed by atoms with Crippen LogP contribution >= 0.6 is 0 Å². The standard InChI is InChI=1S/C25H32F2N2O5/c1-14(2)34-18-5-6-20-19(11-18)22(13-33-25(20,3)4)28-12-23(30)21(29-24(31)32)9-15-7-16(26)10-17(27)8-15/h5-8,10-11,14,21-23,28-30H,9,12-13H2,1-4H3,(H,31,32)/t21-,22?,23+/m0/s1. The lowest BCUT2D eigenvalue weighted by Gasteiger charge is -2.38. The molecule has 0 fully saturated rings. The zero-order valence-corrected chi connectivity index (χ0v) is 19.8. The van der Waals surface area contributed by atoms with Crippen LogP contribution in [0.25, 0.3) is 0 Å². The lowest BCUT2D eigenvalue weighted by Crippen LogP contribution is -2.49. The molecule has 1 aliphatic heterocycles. The summed E-state index contributed by atoms with van der Waals surface area (Å²) in [7, 11) is 0. The van der Waals surface area contributed by atoms with E-state index in [4.69, 9.17) is 9.47 Å². The van der Waals surface area contributed by atoms with E-state index in [-0.39, 0.29) is 30.7 Å². The van der Waals surface area contributed by atoms with Crippen LogP contribution in [0.1, 0.15) is 50.4 Å². The molecule has 1 unspecified atom stereocenters. The van der Waals surface area contributed by atoms with Crippen molar-refractivity contribution in [3.63, 3.8) is 0 Å². The fourth-order valence-corrected chi connectivity index (χ4v) is 4.18. The second-order valence-corrected chi connectivity index (χ2v) is 9.30. The summed E-state index contributed by atoms with van der Waals surface area (Å²) in [6.45, 7) is 8.20. The maximum atomic E-state index is 13.6. The molecule has 1 heterocycles. The summed E-state index contributed by atoms with van der Waals surface area (Å²) in [5.41, 5.74) is 1.69. The number of hydrogen-bond acceptors (Lipinski definition) is 5. The summed E-state index contributed by atoms with van der Waals surface area (Å²) in [4.78, 5) is 11.3. The predicted octanol–water partition coefficient (Wildman–Crippen LogP) is 3.89. The molecule has 1 amide bonds. The summed E-state index contributed by atoms with van der Waals surface area (Å²) >= 11 is 0. The molecule has 2 aromatic rings. The molecule has 3 atom stereocenters. The van der Waals surface area contributed by atoms with E-state index in [0.717, 1.165) is 35.1 Å². The number of nitrogens with one attached hydrogen (secondary N) is 2. The SMILES string of the molecule is CC(C)Oc1ccc2c(c1)C(NC[C@@H](O)[C@H](Cc1cc(F)cc(F)c1)NC(=O)O)COC2(C)C. The average Bonchev–Trinajstić information content (AvgIpc) is 2.71. The molecule has 0 saturated heterocycles. The van der Waals surface area contributed by atoms with Crippen LogP contribution in [0.15, 0.2) is 36.4 Å². The van der Waals surface area contributed by atoms with Crippen molar-refractivity contribution < 1.29 is 33.3 Å². The minimum absolute atomic E-state index is 0.00893. The van der Waals surface area contributed by atoms with Crippen molar-refractivity contribution in [1.82, 2.24) is 10.6 Å². The molecular formula is C25H32F2N2O5. The van der Waals surface area contributed by atoms with Gasteiger partial charge in [-0.1, -0.05) is 6.07 Å². The van der Waals surface area contributed by atoms with Crippen LogP contribution in [-0.2, 0) is 16.8 Å². The highest BCUT2D eigenvalue weighted by Gasteiger charge is 2.34. The Labute approximate surface area is 198 Å². The molecular weight excluding hydrogens is 446 g/mol. The Kier molecular flexibility index (Phi) is 8.12. The number of rotatable bonds is 9. The van der Waals surface area contributed by atoms with Crippen LogP contribution < -0.4 is 15.4 Å². The molecule has 0 spiro atoms. The van der Waals surface area contributed by atoms with E-state index in [1.165, 1.54) is 0 Å². The second kappa shape index (κ2) is 10.7. The highest BCUT2D eigenvalue weighted by atomic mass is 19.1. The molecule has 4 N–H and O–H groups in total. The van der Waals surface area contributed by atoms with Gasteiger partial charge in [0, 0.05) is 12.6 Å². The molecule has 0 bridgehead atoms. The molecule has 186 valence electrons. The topological polar surface area (TPSA) is 100 Å². The first kappa shape index (κ1) is 25.9. The molecule has 0 saturated carbocycles. The Balaban J connectivity index is 1.76. The first-order valence-electron chi connectivity index (χ1n) is 11.3. The zero-order chi connectivity index (χ0) is 25.0. The number of aliphatic hydroxyl groups is 1. The number of amides is 1. The normalized spacial score (nSPS) is 18.8. The second-order valence-electron chi connectivity index (χ2n) is 9.30. The Morgan fingerprint density at radius 1 is 1.21 bits per heavy atom. The summed E-state index contributed by atoms with van der Waals surface area (Å²) < 4.78 is 39.0. The van der Waals surface area contributed by atoms with Gasteiger partial charge in [0.25, 0.3) is 0 Å². The smallest absolute Gasteiger partial charge is 0.404 e. The highest BCUT2D eigenvalue weighted by Crippen LogP contribution is 2.38. The minimum Gasteiger partial charge on any atom is -0.491 e. The van der Waals surface area contributed by atoms with Crippen LogP contribution in [0.2, 0.25) is 0 Å². The van der Waals surface area contributed by atoms with Crippen molar-refractivity contribution in [2.75, 3.05) is 13.2 Å². The van der Waals surface area contributed by atoms with Gasteiger partial charge in [-0.15, -0.1) is 0 Å². The van der Waals surface area contributed by atoms with Crippen LogP contribution in [0.3, 0.4) is 0 Å². The first-order chi connectivity index (χ1) is 15.9. The van der Waals surface area contributed by atoms with Crippen molar-refractivity contribution >= 4 is 6.09 Å². The number of ether oxygens (including phenoxy) is 2. The van der Waals surface area contributed by atoms with Crippen LogP contribution in [0.5, 0.6) is 5.75 Å². The number of aliphatic hydroxyl groups excluding tert-OH is 1. The van der Waals surface area contributed by atoms with E-state index in [2.05, 4.69) is 10.6 Å². The van der Waals surface area contributed by atoms with Gasteiger partial charge < -0.3 is 30.3 Å². The number of halogens is 2. The molecule has 0 aliphatic carbocycles. The van der Waals surface area contributed by atoms with Crippen LogP contribution in [0, 0.1) is 11.6 Å². The number of hydrogen-bond donors (Lipinski definition) is 4. The summed E-state index contributed by atoms with van der Waals surface area (Å²) in [5, 5.41) is 25.5. The van der Waals surface area contributed by atoms with Gasteiger partial charge in [-0.25, -0.2) is 13.6 Å². The van der Waals surface area contributed by atoms with Gasteiger partial charge >= 0.3 is 6.09 Å². The third-order valence-electron chi connectivity index (χ3n) is 5.75. The average molecular weight is 479 g/mol. The van der Waals surface area contributed by atoms with Crippen molar-refractivity contribution in [3.05, 3.63) is 64.7 Å². The largest absolute Gasteiger partial charge is 0.491 e. The van der Waals surface area contributed by atoms with Crippen molar-refractivity contribution in [2.24, 2.45) is 0 Å². The van der Waals surface area contributed by atoms with Gasteiger partial charge in [-0.2, -0.15) is 0 Å². The lowest BCUT2D eigenvalue weighted by molar-refractivity contribution is -0.0487. The number of fused-ring (bicyclic) bond motifs is 1. The van der Waals surface area contributed by atoms with Crippen molar-refractivity contribution in [3.8, 4) is 5.75 Å². The third-order valence-corrected chi connectivity index (χ3v) is 5.75. The number of carboxylic acid groups (broad SMARTS) is 1. The highest BCUT2D eigenvalue weighted by molar-refractivity contribution is 5.65. The van der Waals surface area contributed by atoms with E-state index >= 15 is 0 Å². The van der Waals surface area contributed by atoms with E-state index in [1.807, 2.05) is 45.9 Å². The fourth-order valence-electron chi connectivity index (χ4n) is 4.18. The van der Waals surface area contributed by atoms with Gasteiger partial charge in [0.05, 0.1) is 36.5 Å². The van der Waals surface area contributed by atoms with Crippen molar-refractivity contribution in [1.29, 1.82) is 0 Å². The van der Waals surface area contributed by atoms with Crippen LogP contribution in [0.4, 0.5) is 13.6 Å². The fraction of sp³-hybridized carbons (Fsp3) is 0.480. The summed E-state index contributed by atoms with van der Waals surface area (Å²) in [6.07, 6.45) is -2.59. The van der Waals surface area contributed by atoms with Gasteiger partial charge in [0.2, 0.25) is 0 Å². The Morgan fingerprint density at radius 3 is 2.50 bits per heavy atom. The van der Waals surface area contributed by atoms with Crippen LogP contribution in [-0.4, -0.2) is 47.7 Å². The maximum Gasteiger partial charge on any atom is 0.404 e. The minimum atomic E-state index is -1.34. The van der Waals surface area contributed by atoms with Gasteiger partial charge in [0.15, 0.2) is 0 Å². The van der Waals surface area contributed by atoms with E-state index in [1.54, 1.807) is 0 Å². The Bertz CT molecular complexity index is 995. The number of benzene rings is 2. The van der Waals surface area contributed by atoms with Gasteiger partial charge in [-0.05, 0) is 75.1 Å². The predicted molar refractivity (Wildman–Crippen MR) is 123 cm³/mol. The third kappa shape index (κ3) is 6.65.